The van der Waals surface area contributed by atoms with Gasteiger partial charge in [0.15, 0.2) is 0 Å². The summed E-state index contributed by atoms with van der Waals surface area (Å²) in [6.45, 7) is 0. The van der Waals surface area contributed by atoms with Gasteiger partial charge < -0.3 is 4.90 Å². The number of fused-ring (bicyclic) bond motifs is 1. The molecule has 2 heterocycles. The van der Waals surface area contributed by atoms with Crippen molar-refractivity contribution in [3.8, 4) is 11.3 Å². The molecule has 2 aromatic heterocycles. The number of aromatic nitrogens is 3. The second kappa shape index (κ2) is 8.89. The zero-order valence-corrected chi connectivity index (χ0v) is 18.1. The molecule has 2 aromatic carbocycles. The number of hydrogen-bond acceptors (Lipinski definition) is 6. The van der Waals surface area contributed by atoms with Crippen LogP contribution in [0, 0.1) is 5.82 Å². The molecule has 1 amide bonds. The van der Waals surface area contributed by atoms with Crippen molar-refractivity contribution in [3.05, 3.63) is 70.4 Å². The highest BCUT2D eigenvalue weighted by Crippen LogP contribution is 2.33. The maximum Gasteiger partial charge on any atom is 0.228 e. The van der Waals surface area contributed by atoms with Gasteiger partial charge in [-0.05, 0) is 24.3 Å². The fourth-order valence-electron chi connectivity index (χ4n) is 2.93. The summed E-state index contributed by atoms with van der Waals surface area (Å²) in [5.41, 5.74) is 2.47. The topological polar surface area (TPSA) is 59.0 Å². The van der Waals surface area contributed by atoms with E-state index in [1.54, 1.807) is 42.9 Å². The van der Waals surface area contributed by atoms with Crippen molar-refractivity contribution in [2.45, 2.75) is 17.2 Å². The molecule has 0 unspecified atom stereocenters. The first-order chi connectivity index (χ1) is 14.5. The summed E-state index contributed by atoms with van der Waals surface area (Å²) in [7, 11) is 3.48. The number of hydrogen-bond donors (Lipinski definition) is 0. The second-order valence-electron chi connectivity index (χ2n) is 6.89. The fraction of sp³-hybridized carbons (Fsp3) is 0.182. The van der Waals surface area contributed by atoms with Crippen LogP contribution >= 0.6 is 23.1 Å². The van der Waals surface area contributed by atoms with Crippen LogP contribution < -0.4 is 0 Å². The van der Waals surface area contributed by atoms with Gasteiger partial charge >= 0.3 is 0 Å². The van der Waals surface area contributed by atoms with E-state index >= 15 is 0 Å². The lowest BCUT2D eigenvalue weighted by molar-refractivity contribution is -0.127. The van der Waals surface area contributed by atoms with Crippen molar-refractivity contribution < 1.29 is 9.18 Å². The van der Waals surface area contributed by atoms with E-state index in [9.17, 15) is 9.18 Å². The molecular formula is C22H19FN4OS2. The number of likely N-dealkylation sites (N-methyl/N-ethyl adjacent to an activating group) is 1. The molecule has 0 radical (unpaired) electrons. The molecule has 152 valence electrons. The van der Waals surface area contributed by atoms with Gasteiger partial charge in [-0.2, -0.15) is 0 Å². The lowest BCUT2D eigenvalue weighted by atomic mass is 10.1. The molecule has 0 aliphatic carbocycles. The predicted octanol–water partition coefficient (Wildman–Crippen LogP) is 4.82. The Kier molecular flexibility index (Phi) is 6.06. The SMILES string of the molecule is CN(C)C(=O)Cc1nc(CSc2nnc(-c3ccc(F)cc3)c3ccccc23)cs1. The Labute approximate surface area is 182 Å². The number of carbonyl (C=O) groups is 1. The molecule has 0 spiro atoms. The van der Waals surface area contributed by atoms with Gasteiger partial charge in [0.2, 0.25) is 5.91 Å². The van der Waals surface area contributed by atoms with E-state index in [-0.39, 0.29) is 11.7 Å². The second-order valence-corrected chi connectivity index (χ2v) is 8.80. The molecule has 0 saturated heterocycles. The molecule has 0 aliphatic heterocycles. The summed E-state index contributed by atoms with van der Waals surface area (Å²) >= 11 is 3.06. The molecule has 8 heteroatoms. The van der Waals surface area contributed by atoms with Crippen molar-refractivity contribution in [2.24, 2.45) is 0 Å². The van der Waals surface area contributed by atoms with E-state index in [1.165, 1.54) is 23.5 Å². The minimum Gasteiger partial charge on any atom is -0.348 e. The summed E-state index contributed by atoms with van der Waals surface area (Å²) in [6.07, 6.45) is 0.317. The third kappa shape index (κ3) is 4.49. The van der Waals surface area contributed by atoms with Crippen molar-refractivity contribution in [2.75, 3.05) is 14.1 Å². The maximum atomic E-state index is 13.3. The van der Waals surface area contributed by atoms with Gasteiger partial charge in [0.25, 0.3) is 0 Å². The third-order valence-corrected chi connectivity index (χ3v) is 6.44. The predicted molar refractivity (Wildman–Crippen MR) is 119 cm³/mol. The number of thiazole rings is 1. The summed E-state index contributed by atoms with van der Waals surface area (Å²) < 4.78 is 13.3. The Morgan fingerprint density at radius 3 is 2.53 bits per heavy atom. The van der Waals surface area contributed by atoms with Crippen LogP contribution in [-0.2, 0) is 17.0 Å². The number of halogens is 1. The molecule has 0 N–H and O–H groups in total. The number of benzene rings is 2. The molecule has 30 heavy (non-hydrogen) atoms. The molecule has 0 saturated carbocycles. The lowest BCUT2D eigenvalue weighted by Gasteiger charge is -2.09. The Morgan fingerprint density at radius 1 is 1.07 bits per heavy atom. The van der Waals surface area contributed by atoms with Gasteiger partial charge in [-0.1, -0.05) is 36.0 Å². The molecule has 0 bridgehead atoms. The average molecular weight is 439 g/mol. The average Bonchev–Trinajstić information content (AvgIpc) is 3.20. The standard InChI is InChI=1S/C22H19FN4OS2/c1-27(2)20(28)11-19-24-16(12-29-19)13-30-22-18-6-4-3-5-17(18)21(25-26-22)14-7-9-15(23)10-8-14/h3-10,12H,11,13H2,1-2H3. The maximum absolute atomic E-state index is 13.3. The minimum atomic E-state index is -0.280. The Morgan fingerprint density at radius 2 is 1.80 bits per heavy atom. The van der Waals surface area contributed by atoms with E-state index in [4.69, 9.17) is 0 Å². The number of thioether (sulfide) groups is 1. The van der Waals surface area contributed by atoms with Crippen LogP contribution in [0.5, 0.6) is 0 Å². The van der Waals surface area contributed by atoms with E-state index < -0.39 is 0 Å². The van der Waals surface area contributed by atoms with Crippen LogP contribution in [-0.4, -0.2) is 40.1 Å². The third-order valence-electron chi connectivity index (χ3n) is 4.53. The molecule has 0 aliphatic rings. The molecule has 4 aromatic rings. The highest BCUT2D eigenvalue weighted by molar-refractivity contribution is 7.98. The van der Waals surface area contributed by atoms with Crippen molar-refractivity contribution in [1.82, 2.24) is 20.1 Å². The summed E-state index contributed by atoms with van der Waals surface area (Å²) in [6, 6.07) is 14.2. The van der Waals surface area contributed by atoms with Gasteiger partial charge in [-0.15, -0.1) is 21.5 Å². The Hall–Kier alpha value is -2.84. The monoisotopic (exact) mass is 438 g/mol. The smallest absolute Gasteiger partial charge is 0.228 e. The van der Waals surface area contributed by atoms with E-state index in [0.717, 1.165) is 37.8 Å². The summed E-state index contributed by atoms with van der Waals surface area (Å²) in [5, 5.41) is 14.4. The van der Waals surface area contributed by atoms with Crippen molar-refractivity contribution in [3.63, 3.8) is 0 Å². The highest BCUT2D eigenvalue weighted by atomic mass is 32.2. The van der Waals surface area contributed by atoms with Crippen molar-refractivity contribution in [1.29, 1.82) is 0 Å². The van der Waals surface area contributed by atoms with E-state index in [2.05, 4.69) is 15.2 Å². The normalized spacial score (nSPS) is 11.0. The minimum absolute atomic E-state index is 0.0387. The first-order valence-electron chi connectivity index (χ1n) is 9.29. The zero-order valence-electron chi connectivity index (χ0n) is 16.5. The van der Waals surface area contributed by atoms with Crippen LogP contribution in [0.2, 0.25) is 0 Å². The quantitative estimate of drug-likeness (QED) is 0.404. The molecule has 4 rings (SSSR count). The number of amides is 1. The summed E-state index contributed by atoms with van der Waals surface area (Å²) in [5.74, 6) is 0.399. The molecule has 5 nitrogen and oxygen atoms in total. The van der Waals surface area contributed by atoms with Crippen LogP contribution in [0.15, 0.2) is 58.9 Å². The molecule has 0 fully saturated rings. The van der Waals surface area contributed by atoms with Gasteiger partial charge in [0.1, 0.15) is 21.5 Å². The van der Waals surface area contributed by atoms with Crippen LogP contribution in [0.1, 0.15) is 10.7 Å². The van der Waals surface area contributed by atoms with Gasteiger partial charge in [0, 0.05) is 41.6 Å². The van der Waals surface area contributed by atoms with Crippen LogP contribution in [0.25, 0.3) is 22.0 Å². The molecule has 0 atom stereocenters. The Balaban J connectivity index is 1.56. The number of carbonyl (C=O) groups excluding carboxylic acids is 1. The lowest BCUT2D eigenvalue weighted by Crippen LogP contribution is -2.23. The van der Waals surface area contributed by atoms with Crippen LogP contribution in [0.3, 0.4) is 0 Å². The van der Waals surface area contributed by atoms with Gasteiger partial charge in [-0.25, -0.2) is 9.37 Å². The Bertz CT molecular complexity index is 1190. The highest BCUT2D eigenvalue weighted by Gasteiger charge is 2.13. The summed E-state index contributed by atoms with van der Waals surface area (Å²) in [4.78, 5) is 18.0. The van der Waals surface area contributed by atoms with Gasteiger partial charge in [0.05, 0.1) is 12.1 Å². The first kappa shape index (κ1) is 20.4. The zero-order chi connectivity index (χ0) is 21.1. The fourth-order valence-corrected chi connectivity index (χ4v) is 4.69. The van der Waals surface area contributed by atoms with E-state index in [0.29, 0.717) is 12.2 Å². The number of nitrogens with zero attached hydrogens (tertiary/aromatic N) is 4. The van der Waals surface area contributed by atoms with Crippen molar-refractivity contribution >= 4 is 39.8 Å². The van der Waals surface area contributed by atoms with E-state index in [1.807, 2.05) is 29.6 Å². The number of rotatable bonds is 6. The largest absolute Gasteiger partial charge is 0.348 e. The van der Waals surface area contributed by atoms with Crippen LogP contribution in [0.4, 0.5) is 4.39 Å². The van der Waals surface area contributed by atoms with Gasteiger partial charge in [-0.3, -0.25) is 4.79 Å². The first-order valence-corrected chi connectivity index (χ1v) is 11.2. The molecular weight excluding hydrogens is 419 g/mol.